The number of sulfonamides is 1. The standard InChI is InChI=1S/C27H37Cl2N3O4S/c1-8-18(2)30-26(34)19(3)31(16-20-9-12-22(28)15-24(20)29)25(33)17-32(37(7,35)36)23-13-10-21(11-14-23)27(4,5)6/h9-15,18-19H,8,16-17H2,1-7H3,(H,30,34)/t18-,19-/m0/s1. The SMILES string of the molecule is CC[C@H](C)NC(=O)[C@H](C)N(Cc1ccc(Cl)cc1Cl)C(=O)CN(c1ccc(C(C)(C)C)cc1)S(C)(=O)=O. The lowest BCUT2D eigenvalue weighted by Gasteiger charge is -2.32. The zero-order chi connectivity index (χ0) is 28.1. The molecule has 2 amide bonds. The lowest BCUT2D eigenvalue weighted by Crippen LogP contribution is -2.52. The van der Waals surface area contributed by atoms with E-state index in [1.165, 1.54) is 4.90 Å². The minimum atomic E-state index is -3.81. The quantitative estimate of drug-likeness (QED) is 0.415. The fraction of sp³-hybridized carbons (Fsp3) is 0.481. The van der Waals surface area contributed by atoms with Gasteiger partial charge in [0.2, 0.25) is 21.8 Å². The van der Waals surface area contributed by atoms with Crippen LogP contribution in [0.3, 0.4) is 0 Å². The van der Waals surface area contributed by atoms with Crippen molar-refractivity contribution in [3.05, 3.63) is 63.6 Å². The summed E-state index contributed by atoms with van der Waals surface area (Å²) in [6.07, 6.45) is 1.78. The van der Waals surface area contributed by atoms with E-state index in [1.807, 2.05) is 26.0 Å². The highest BCUT2D eigenvalue weighted by Crippen LogP contribution is 2.27. The summed E-state index contributed by atoms with van der Waals surface area (Å²) in [5.41, 5.74) is 1.87. The van der Waals surface area contributed by atoms with Gasteiger partial charge in [-0.2, -0.15) is 0 Å². The Morgan fingerprint density at radius 2 is 1.62 bits per heavy atom. The second-order valence-corrected chi connectivity index (χ2v) is 13.1. The summed E-state index contributed by atoms with van der Waals surface area (Å²) in [7, 11) is -3.81. The van der Waals surface area contributed by atoms with Gasteiger partial charge in [0, 0.05) is 22.6 Å². The molecule has 2 aromatic carbocycles. The summed E-state index contributed by atoms with van der Waals surface area (Å²) in [6.45, 7) is 11.1. The van der Waals surface area contributed by atoms with Crippen LogP contribution in [-0.2, 0) is 31.6 Å². The summed E-state index contributed by atoms with van der Waals surface area (Å²) < 4.78 is 26.6. The summed E-state index contributed by atoms with van der Waals surface area (Å²) in [5, 5.41) is 3.68. The van der Waals surface area contributed by atoms with Crippen LogP contribution in [0.4, 0.5) is 5.69 Å². The highest BCUT2D eigenvalue weighted by Gasteiger charge is 2.31. The van der Waals surface area contributed by atoms with Crippen molar-refractivity contribution in [2.75, 3.05) is 17.1 Å². The normalized spacial score (nSPS) is 13.5. The summed E-state index contributed by atoms with van der Waals surface area (Å²) >= 11 is 12.4. The van der Waals surface area contributed by atoms with Gasteiger partial charge in [0.15, 0.2) is 0 Å². The molecule has 0 bridgehead atoms. The predicted octanol–water partition coefficient (Wildman–Crippen LogP) is 5.39. The first-order valence-corrected chi connectivity index (χ1v) is 14.8. The smallest absolute Gasteiger partial charge is 0.244 e. The Kier molecular flexibility index (Phi) is 10.5. The average Bonchev–Trinajstić information content (AvgIpc) is 2.80. The number of hydrogen-bond acceptors (Lipinski definition) is 4. The molecule has 0 spiro atoms. The van der Waals surface area contributed by atoms with E-state index in [1.54, 1.807) is 37.3 Å². The van der Waals surface area contributed by atoms with Gasteiger partial charge < -0.3 is 10.2 Å². The number of nitrogens with one attached hydrogen (secondary N) is 1. The Hall–Kier alpha value is -2.29. The van der Waals surface area contributed by atoms with Crippen LogP contribution in [0.5, 0.6) is 0 Å². The van der Waals surface area contributed by atoms with Gasteiger partial charge in [-0.1, -0.05) is 69.1 Å². The van der Waals surface area contributed by atoms with Crippen LogP contribution in [-0.4, -0.2) is 50.0 Å². The maximum absolute atomic E-state index is 13.7. The van der Waals surface area contributed by atoms with Crippen LogP contribution in [0.25, 0.3) is 0 Å². The molecule has 0 aliphatic rings. The number of hydrogen-bond donors (Lipinski definition) is 1. The van der Waals surface area contributed by atoms with E-state index in [9.17, 15) is 18.0 Å². The summed E-state index contributed by atoms with van der Waals surface area (Å²) in [5.74, 6) is -0.878. The van der Waals surface area contributed by atoms with Crippen molar-refractivity contribution < 1.29 is 18.0 Å². The van der Waals surface area contributed by atoms with Crippen molar-refractivity contribution in [2.24, 2.45) is 0 Å². The Labute approximate surface area is 231 Å². The first-order chi connectivity index (χ1) is 17.0. The van der Waals surface area contributed by atoms with Crippen LogP contribution in [0.15, 0.2) is 42.5 Å². The van der Waals surface area contributed by atoms with E-state index in [4.69, 9.17) is 23.2 Å². The largest absolute Gasteiger partial charge is 0.352 e. The fourth-order valence-corrected chi connectivity index (χ4v) is 4.94. The minimum absolute atomic E-state index is 0.00446. The van der Waals surface area contributed by atoms with E-state index < -0.39 is 28.5 Å². The molecular formula is C27H37Cl2N3O4S. The third-order valence-corrected chi connectivity index (χ3v) is 7.95. The molecule has 0 saturated heterocycles. The van der Waals surface area contributed by atoms with E-state index >= 15 is 0 Å². The molecule has 0 aliphatic carbocycles. The molecule has 2 atom stereocenters. The molecule has 204 valence electrons. The molecular weight excluding hydrogens is 533 g/mol. The third-order valence-electron chi connectivity index (χ3n) is 6.22. The molecule has 7 nitrogen and oxygen atoms in total. The number of amides is 2. The number of nitrogens with zero attached hydrogens (tertiary/aromatic N) is 2. The van der Waals surface area contributed by atoms with E-state index in [-0.39, 0.29) is 23.9 Å². The average molecular weight is 571 g/mol. The summed E-state index contributed by atoms with van der Waals surface area (Å²) in [4.78, 5) is 28.0. The van der Waals surface area contributed by atoms with E-state index in [2.05, 4.69) is 26.1 Å². The molecule has 0 aliphatic heterocycles. The van der Waals surface area contributed by atoms with Gasteiger partial charge >= 0.3 is 0 Å². The predicted molar refractivity (Wildman–Crippen MR) is 152 cm³/mol. The fourth-order valence-electron chi connectivity index (χ4n) is 3.62. The van der Waals surface area contributed by atoms with Crippen molar-refractivity contribution in [2.45, 2.75) is 72.0 Å². The maximum atomic E-state index is 13.7. The number of benzene rings is 2. The second-order valence-electron chi connectivity index (χ2n) is 10.3. The monoisotopic (exact) mass is 569 g/mol. The van der Waals surface area contributed by atoms with Crippen LogP contribution >= 0.6 is 23.2 Å². The molecule has 0 unspecified atom stereocenters. The zero-order valence-corrected chi connectivity index (χ0v) is 24.8. The molecule has 0 radical (unpaired) electrons. The van der Waals surface area contributed by atoms with Gasteiger partial charge in [-0.15, -0.1) is 0 Å². The maximum Gasteiger partial charge on any atom is 0.244 e. The third kappa shape index (κ3) is 8.62. The van der Waals surface area contributed by atoms with Gasteiger partial charge in [-0.3, -0.25) is 13.9 Å². The van der Waals surface area contributed by atoms with Crippen LogP contribution in [0.1, 0.15) is 59.1 Å². The first kappa shape index (κ1) is 30.9. The molecule has 0 aromatic heterocycles. The molecule has 1 N–H and O–H groups in total. The first-order valence-electron chi connectivity index (χ1n) is 12.2. The van der Waals surface area contributed by atoms with Gasteiger partial charge in [0.1, 0.15) is 12.6 Å². The van der Waals surface area contributed by atoms with Gasteiger partial charge in [-0.25, -0.2) is 8.42 Å². The molecule has 0 fully saturated rings. The van der Waals surface area contributed by atoms with Gasteiger partial charge in [-0.05, 0) is 61.1 Å². The summed E-state index contributed by atoms with van der Waals surface area (Å²) in [6, 6.07) is 11.0. The van der Waals surface area contributed by atoms with E-state index in [0.717, 1.165) is 22.5 Å². The molecule has 2 aromatic rings. The Morgan fingerprint density at radius 3 is 2.11 bits per heavy atom. The van der Waals surface area contributed by atoms with Crippen LogP contribution in [0, 0.1) is 0 Å². The van der Waals surface area contributed by atoms with Crippen LogP contribution < -0.4 is 9.62 Å². The number of carbonyl (C=O) groups excluding carboxylic acids is 2. The number of halogens is 2. The Morgan fingerprint density at radius 1 is 1.03 bits per heavy atom. The molecule has 0 heterocycles. The minimum Gasteiger partial charge on any atom is -0.352 e. The van der Waals surface area contributed by atoms with Crippen molar-refractivity contribution in [1.29, 1.82) is 0 Å². The Balaban J connectivity index is 2.43. The molecule has 2 rings (SSSR count). The van der Waals surface area contributed by atoms with Gasteiger partial charge in [0.25, 0.3) is 0 Å². The number of anilines is 1. The molecule has 10 heteroatoms. The highest BCUT2D eigenvalue weighted by atomic mass is 35.5. The van der Waals surface area contributed by atoms with Crippen molar-refractivity contribution in [3.63, 3.8) is 0 Å². The van der Waals surface area contributed by atoms with Gasteiger partial charge in [0.05, 0.1) is 11.9 Å². The Bertz CT molecular complexity index is 1210. The number of rotatable bonds is 10. The highest BCUT2D eigenvalue weighted by molar-refractivity contribution is 7.92. The second kappa shape index (κ2) is 12.5. The molecule has 0 saturated carbocycles. The van der Waals surface area contributed by atoms with E-state index in [0.29, 0.717) is 21.3 Å². The van der Waals surface area contributed by atoms with Crippen molar-refractivity contribution in [1.82, 2.24) is 10.2 Å². The lowest BCUT2D eigenvalue weighted by atomic mass is 9.87. The topological polar surface area (TPSA) is 86.8 Å². The zero-order valence-electron chi connectivity index (χ0n) is 22.5. The van der Waals surface area contributed by atoms with Crippen LogP contribution in [0.2, 0.25) is 10.0 Å². The number of carbonyl (C=O) groups is 2. The lowest BCUT2D eigenvalue weighted by molar-refractivity contribution is -0.139. The molecule has 37 heavy (non-hydrogen) atoms. The van der Waals surface area contributed by atoms with Crippen molar-refractivity contribution >= 4 is 50.7 Å². The van der Waals surface area contributed by atoms with Crippen molar-refractivity contribution in [3.8, 4) is 0 Å².